The summed E-state index contributed by atoms with van der Waals surface area (Å²) in [5, 5.41) is 0. The van der Waals surface area contributed by atoms with Gasteiger partial charge in [-0.25, -0.2) is 13.1 Å². The number of nitrogens with zero attached hydrogens (tertiary/aromatic N) is 1. The van der Waals surface area contributed by atoms with E-state index >= 15 is 0 Å². The van der Waals surface area contributed by atoms with Gasteiger partial charge in [0, 0.05) is 30.3 Å². The van der Waals surface area contributed by atoms with Gasteiger partial charge in [0.1, 0.15) is 5.70 Å². The van der Waals surface area contributed by atoms with E-state index in [0.29, 0.717) is 19.5 Å². The normalized spacial score (nSPS) is 15.7. The average Bonchev–Trinajstić information content (AvgIpc) is 2.63. The van der Waals surface area contributed by atoms with Gasteiger partial charge in [-0.15, -0.1) is 0 Å². The summed E-state index contributed by atoms with van der Waals surface area (Å²) >= 11 is 0. The topological polar surface area (TPSA) is 83.6 Å². The molecule has 1 aromatic carbocycles. The van der Waals surface area contributed by atoms with Gasteiger partial charge in [-0.3, -0.25) is 9.59 Å². The van der Waals surface area contributed by atoms with Crippen LogP contribution in [0.4, 0.5) is 0 Å². The van der Waals surface area contributed by atoms with Crippen LogP contribution < -0.4 is 4.72 Å². The minimum Gasteiger partial charge on any atom is -0.367 e. The van der Waals surface area contributed by atoms with E-state index in [1.54, 1.807) is 30.0 Å². The molecule has 1 aliphatic carbocycles. The van der Waals surface area contributed by atoms with Crippen LogP contribution in [0.25, 0.3) is 0 Å². The first kappa shape index (κ1) is 21.3. The number of sulfonamides is 1. The Morgan fingerprint density at radius 2 is 1.48 bits per heavy atom. The molecule has 0 saturated heterocycles. The number of rotatable bonds is 9. The van der Waals surface area contributed by atoms with Crippen LogP contribution in [0.5, 0.6) is 0 Å². The van der Waals surface area contributed by atoms with Crippen LogP contribution in [-0.4, -0.2) is 44.0 Å². The molecular weight excluding hydrogens is 364 g/mol. The molecule has 6 nitrogen and oxygen atoms in total. The number of benzene rings is 1. The first-order valence-electron chi connectivity index (χ1n) is 9.48. The standard InChI is InChI=1S/C20H28N2O4S/c1-5-12-22(13-6-2)17-18(23)15-10-8-9-11-16(15)19(24)20(17)27(25,26)21-14(4)7-3/h8-11,14,21H,5-7,12-13H2,1-4H3. The molecule has 148 valence electrons. The van der Waals surface area contributed by atoms with E-state index in [-0.39, 0.29) is 22.9 Å². The first-order chi connectivity index (χ1) is 12.8. The molecule has 0 amide bonds. The number of carbonyl (C=O) groups is 2. The van der Waals surface area contributed by atoms with Gasteiger partial charge in [0.15, 0.2) is 4.91 Å². The number of hydrogen-bond donors (Lipinski definition) is 1. The third-order valence-corrected chi connectivity index (χ3v) is 6.22. The predicted molar refractivity (Wildman–Crippen MR) is 106 cm³/mol. The first-order valence-corrected chi connectivity index (χ1v) is 11.0. The largest absolute Gasteiger partial charge is 0.367 e. The highest BCUT2D eigenvalue weighted by atomic mass is 32.2. The van der Waals surface area contributed by atoms with E-state index in [1.807, 2.05) is 20.8 Å². The number of Topliss-reactive ketones (excluding diaryl/α,β-unsaturated/α-hetero) is 2. The smallest absolute Gasteiger partial charge is 0.246 e. The summed E-state index contributed by atoms with van der Waals surface area (Å²) in [5.41, 5.74) is 0.402. The summed E-state index contributed by atoms with van der Waals surface area (Å²) in [4.78, 5) is 27.7. The molecule has 0 saturated carbocycles. The third kappa shape index (κ3) is 4.30. The van der Waals surface area contributed by atoms with Gasteiger partial charge in [0.2, 0.25) is 21.6 Å². The Morgan fingerprint density at radius 1 is 0.963 bits per heavy atom. The van der Waals surface area contributed by atoms with Crippen LogP contribution in [0.2, 0.25) is 0 Å². The van der Waals surface area contributed by atoms with Crippen LogP contribution in [0.15, 0.2) is 34.9 Å². The second-order valence-corrected chi connectivity index (χ2v) is 8.45. The predicted octanol–water partition coefficient (Wildman–Crippen LogP) is 3.12. The van der Waals surface area contributed by atoms with Gasteiger partial charge in [0.25, 0.3) is 0 Å². The van der Waals surface area contributed by atoms with E-state index in [1.165, 1.54) is 6.07 Å². The maximum absolute atomic E-state index is 13.2. The second-order valence-electron chi connectivity index (χ2n) is 6.80. The number of carbonyl (C=O) groups excluding carboxylic acids is 2. The number of fused-ring (bicyclic) bond motifs is 1. The van der Waals surface area contributed by atoms with Crippen molar-refractivity contribution in [1.82, 2.24) is 9.62 Å². The lowest BCUT2D eigenvalue weighted by molar-refractivity contribution is 0.0946. The van der Waals surface area contributed by atoms with Crippen LogP contribution in [0, 0.1) is 0 Å². The van der Waals surface area contributed by atoms with E-state index in [9.17, 15) is 18.0 Å². The lowest BCUT2D eigenvalue weighted by Crippen LogP contribution is -2.42. The Kier molecular flexibility index (Phi) is 6.95. The van der Waals surface area contributed by atoms with Gasteiger partial charge in [-0.05, 0) is 26.2 Å². The Morgan fingerprint density at radius 3 is 1.96 bits per heavy atom. The third-order valence-electron chi connectivity index (χ3n) is 4.59. The maximum Gasteiger partial charge on any atom is 0.246 e. The van der Waals surface area contributed by atoms with Crippen molar-refractivity contribution in [3.63, 3.8) is 0 Å². The lowest BCUT2D eigenvalue weighted by atomic mass is 9.91. The molecular formula is C20H28N2O4S. The van der Waals surface area contributed by atoms with Crippen LogP contribution in [0.1, 0.15) is 67.7 Å². The van der Waals surface area contributed by atoms with Gasteiger partial charge in [-0.1, -0.05) is 45.0 Å². The zero-order chi connectivity index (χ0) is 20.2. The molecule has 0 spiro atoms. The molecule has 0 aliphatic heterocycles. The molecule has 1 atom stereocenters. The molecule has 27 heavy (non-hydrogen) atoms. The molecule has 1 N–H and O–H groups in total. The lowest BCUT2D eigenvalue weighted by Gasteiger charge is -2.31. The van der Waals surface area contributed by atoms with Crippen molar-refractivity contribution in [2.24, 2.45) is 0 Å². The molecule has 2 rings (SSSR count). The fourth-order valence-corrected chi connectivity index (χ4v) is 4.80. The van der Waals surface area contributed by atoms with Gasteiger partial charge >= 0.3 is 0 Å². The van der Waals surface area contributed by atoms with E-state index < -0.39 is 26.5 Å². The monoisotopic (exact) mass is 392 g/mol. The van der Waals surface area contributed by atoms with Crippen molar-refractivity contribution in [2.45, 2.75) is 53.0 Å². The molecule has 0 aromatic heterocycles. The quantitative estimate of drug-likeness (QED) is 0.698. The molecule has 1 aliphatic rings. The highest BCUT2D eigenvalue weighted by Crippen LogP contribution is 2.31. The van der Waals surface area contributed by atoms with Crippen molar-refractivity contribution in [2.75, 3.05) is 13.1 Å². The number of ketones is 2. The highest BCUT2D eigenvalue weighted by molar-refractivity contribution is 7.94. The summed E-state index contributed by atoms with van der Waals surface area (Å²) in [6.07, 6.45) is 2.05. The van der Waals surface area contributed by atoms with Crippen molar-refractivity contribution in [3.8, 4) is 0 Å². The van der Waals surface area contributed by atoms with Crippen LogP contribution in [0.3, 0.4) is 0 Å². The zero-order valence-electron chi connectivity index (χ0n) is 16.4. The molecule has 0 fully saturated rings. The summed E-state index contributed by atoms with van der Waals surface area (Å²) in [7, 11) is -4.13. The zero-order valence-corrected chi connectivity index (χ0v) is 17.2. The fourth-order valence-electron chi connectivity index (χ4n) is 3.16. The molecule has 7 heteroatoms. The molecule has 1 unspecified atom stereocenters. The van der Waals surface area contributed by atoms with Crippen LogP contribution in [-0.2, 0) is 10.0 Å². The van der Waals surface area contributed by atoms with Crippen LogP contribution >= 0.6 is 0 Å². The fraction of sp³-hybridized carbons (Fsp3) is 0.500. The Labute approximate surface area is 161 Å². The summed E-state index contributed by atoms with van der Waals surface area (Å²) < 4.78 is 28.7. The molecule has 0 bridgehead atoms. The maximum atomic E-state index is 13.2. The average molecular weight is 393 g/mol. The Bertz CT molecular complexity index is 852. The molecule has 1 aromatic rings. The number of allylic oxidation sites excluding steroid dienone is 2. The second kappa shape index (κ2) is 8.80. The van der Waals surface area contributed by atoms with Gasteiger partial charge < -0.3 is 4.90 Å². The van der Waals surface area contributed by atoms with Gasteiger partial charge in [-0.2, -0.15) is 0 Å². The summed E-state index contributed by atoms with van der Waals surface area (Å²) in [6.45, 7) is 8.51. The Hall–Kier alpha value is -1.99. The minimum atomic E-state index is -4.13. The van der Waals surface area contributed by atoms with E-state index in [0.717, 1.165) is 12.8 Å². The molecule has 0 radical (unpaired) electrons. The summed E-state index contributed by atoms with van der Waals surface area (Å²) in [6, 6.07) is 6.07. The van der Waals surface area contributed by atoms with Gasteiger partial charge in [0.05, 0.1) is 0 Å². The van der Waals surface area contributed by atoms with Crippen molar-refractivity contribution >= 4 is 21.6 Å². The van der Waals surface area contributed by atoms with E-state index in [4.69, 9.17) is 0 Å². The Balaban J connectivity index is 2.73. The van der Waals surface area contributed by atoms with Crippen molar-refractivity contribution in [3.05, 3.63) is 46.0 Å². The van der Waals surface area contributed by atoms with Crippen molar-refractivity contribution < 1.29 is 18.0 Å². The number of hydrogen-bond acceptors (Lipinski definition) is 5. The molecule has 0 heterocycles. The SMILES string of the molecule is CCCN(CCC)C1=C(S(=O)(=O)NC(C)CC)C(=O)c2ccccc2C1=O. The number of nitrogens with one attached hydrogen (secondary N) is 1. The van der Waals surface area contributed by atoms with Crippen molar-refractivity contribution in [1.29, 1.82) is 0 Å². The highest BCUT2D eigenvalue weighted by Gasteiger charge is 2.41. The summed E-state index contributed by atoms with van der Waals surface area (Å²) in [5.74, 6) is -1.02. The van der Waals surface area contributed by atoms with E-state index in [2.05, 4.69) is 4.72 Å². The minimum absolute atomic E-state index is 0.00166.